The molecule has 1 unspecified atom stereocenters. The Bertz CT molecular complexity index is 369. The molecule has 1 N–H and O–H groups in total. The highest BCUT2D eigenvalue weighted by Gasteiger charge is 2.13. The second-order valence-corrected chi connectivity index (χ2v) is 3.83. The van der Waals surface area contributed by atoms with Gasteiger partial charge in [-0.2, -0.15) is 0 Å². The van der Waals surface area contributed by atoms with Crippen LogP contribution in [0.5, 0.6) is 0 Å². The highest BCUT2D eigenvalue weighted by Crippen LogP contribution is 2.17. The Kier molecular flexibility index (Phi) is 5.59. The zero-order chi connectivity index (χ0) is 12.7. The van der Waals surface area contributed by atoms with Crippen LogP contribution in [-0.2, 0) is 11.3 Å². The highest BCUT2D eigenvalue weighted by molar-refractivity contribution is 5.39. The van der Waals surface area contributed by atoms with E-state index in [1.54, 1.807) is 25.3 Å². The molecule has 0 saturated carbocycles. The van der Waals surface area contributed by atoms with Gasteiger partial charge in [0.1, 0.15) is 0 Å². The minimum atomic E-state index is -0.353. The quantitative estimate of drug-likeness (QED) is 0.583. The van der Waals surface area contributed by atoms with Crippen molar-refractivity contribution in [1.82, 2.24) is 5.32 Å². The third-order valence-electron chi connectivity index (χ3n) is 2.63. The molecule has 0 fully saturated rings. The zero-order valence-electron chi connectivity index (χ0n) is 10.2. The van der Waals surface area contributed by atoms with Crippen molar-refractivity contribution in [3.05, 3.63) is 39.9 Å². The summed E-state index contributed by atoms with van der Waals surface area (Å²) >= 11 is 0. The summed E-state index contributed by atoms with van der Waals surface area (Å²) in [5.74, 6) is 0. The molecule has 5 heteroatoms. The number of rotatable bonds is 7. The molecule has 0 aliphatic heterocycles. The monoisotopic (exact) mass is 238 g/mol. The molecular formula is C12H18N2O3. The van der Waals surface area contributed by atoms with Crippen LogP contribution in [0, 0.1) is 10.1 Å². The van der Waals surface area contributed by atoms with Gasteiger partial charge in [-0.05, 0) is 6.42 Å². The number of hydrogen-bond acceptors (Lipinski definition) is 4. The number of ether oxygens (including phenoxy) is 1. The zero-order valence-corrected chi connectivity index (χ0v) is 10.2. The molecule has 0 aliphatic rings. The fourth-order valence-corrected chi connectivity index (χ4v) is 1.62. The van der Waals surface area contributed by atoms with Crippen LogP contribution in [0.15, 0.2) is 24.3 Å². The van der Waals surface area contributed by atoms with E-state index in [0.717, 1.165) is 6.42 Å². The molecule has 0 bridgehead atoms. The van der Waals surface area contributed by atoms with Crippen LogP contribution in [0.4, 0.5) is 5.69 Å². The summed E-state index contributed by atoms with van der Waals surface area (Å²) in [6, 6.07) is 6.99. The van der Waals surface area contributed by atoms with E-state index < -0.39 is 0 Å². The largest absolute Gasteiger partial charge is 0.383 e. The van der Waals surface area contributed by atoms with Crippen LogP contribution in [0.3, 0.4) is 0 Å². The van der Waals surface area contributed by atoms with E-state index in [1.807, 2.05) is 0 Å². The standard InChI is InChI=1S/C12H18N2O3/c1-3-11(9-17-2)13-8-10-6-4-5-7-12(10)14(15)16/h4-7,11,13H,3,8-9H2,1-2H3. The molecule has 94 valence electrons. The van der Waals surface area contributed by atoms with Crippen molar-refractivity contribution in [1.29, 1.82) is 0 Å². The molecule has 0 aliphatic carbocycles. The second kappa shape index (κ2) is 6.98. The number of methoxy groups -OCH3 is 1. The molecule has 1 atom stereocenters. The van der Waals surface area contributed by atoms with Gasteiger partial charge in [0.15, 0.2) is 0 Å². The summed E-state index contributed by atoms with van der Waals surface area (Å²) in [4.78, 5) is 10.5. The van der Waals surface area contributed by atoms with Crippen molar-refractivity contribution in [2.24, 2.45) is 0 Å². The first-order valence-corrected chi connectivity index (χ1v) is 5.63. The molecule has 0 amide bonds. The van der Waals surface area contributed by atoms with Crippen molar-refractivity contribution in [3.63, 3.8) is 0 Å². The van der Waals surface area contributed by atoms with E-state index in [1.165, 1.54) is 6.07 Å². The number of benzene rings is 1. The third-order valence-corrected chi connectivity index (χ3v) is 2.63. The summed E-state index contributed by atoms with van der Waals surface area (Å²) in [5, 5.41) is 14.1. The molecule has 1 rings (SSSR count). The number of para-hydroxylation sites is 1. The van der Waals surface area contributed by atoms with Gasteiger partial charge in [0, 0.05) is 31.3 Å². The van der Waals surface area contributed by atoms with Gasteiger partial charge in [0.05, 0.1) is 11.5 Å². The van der Waals surface area contributed by atoms with Gasteiger partial charge in [0.25, 0.3) is 5.69 Å². The maximum Gasteiger partial charge on any atom is 0.273 e. The molecule has 1 aromatic rings. The maximum absolute atomic E-state index is 10.8. The molecule has 0 saturated heterocycles. The van der Waals surface area contributed by atoms with E-state index in [0.29, 0.717) is 18.7 Å². The van der Waals surface area contributed by atoms with Gasteiger partial charge in [-0.3, -0.25) is 10.1 Å². The Morgan fingerprint density at radius 2 is 2.18 bits per heavy atom. The molecular weight excluding hydrogens is 220 g/mol. The number of nitro groups is 1. The Hall–Kier alpha value is -1.46. The third kappa shape index (κ3) is 4.13. The Morgan fingerprint density at radius 3 is 2.76 bits per heavy atom. The Labute approximate surface area is 101 Å². The summed E-state index contributed by atoms with van der Waals surface area (Å²) in [6.07, 6.45) is 0.925. The fraction of sp³-hybridized carbons (Fsp3) is 0.500. The van der Waals surface area contributed by atoms with E-state index in [-0.39, 0.29) is 16.7 Å². The predicted molar refractivity (Wildman–Crippen MR) is 65.9 cm³/mol. The lowest BCUT2D eigenvalue weighted by atomic mass is 10.1. The van der Waals surface area contributed by atoms with Crippen molar-refractivity contribution >= 4 is 5.69 Å². The molecule has 5 nitrogen and oxygen atoms in total. The predicted octanol–water partition coefficient (Wildman–Crippen LogP) is 2.11. The smallest absolute Gasteiger partial charge is 0.273 e. The van der Waals surface area contributed by atoms with Gasteiger partial charge in [-0.25, -0.2) is 0 Å². The molecule has 0 spiro atoms. The average molecular weight is 238 g/mol. The highest BCUT2D eigenvalue weighted by atomic mass is 16.6. The second-order valence-electron chi connectivity index (χ2n) is 3.83. The van der Waals surface area contributed by atoms with Crippen LogP contribution in [0.2, 0.25) is 0 Å². The van der Waals surface area contributed by atoms with Gasteiger partial charge < -0.3 is 10.1 Å². The van der Waals surface area contributed by atoms with Crippen molar-refractivity contribution in [2.45, 2.75) is 25.9 Å². The average Bonchev–Trinajstić information content (AvgIpc) is 2.34. The fourth-order valence-electron chi connectivity index (χ4n) is 1.62. The molecule has 0 heterocycles. The van der Waals surface area contributed by atoms with E-state index in [2.05, 4.69) is 12.2 Å². The van der Waals surface area contributed by atoms with Gasteiger partial charge in [-0.15, -0.1) is 0 Å². The van der Waals surface area contributed by atoms with E-state index in [9.17, 15) is 10.1 Å². The minimum absolute atomic E-state index is 0.160. The Balaban J connectivity index is 2.65. The van der Waals surface area contributed by atoms with Crippen LogP contribution in [0.25, 0.3) is 0 Å². The first-order chi connectivity index (χ1) is 8.19. The first kappa shape index (κ1) is 13.6. The number of hydrogen-bond donors (Lipinski definition) is 1. The van der Waals surface area contributed by atoms with E-state index >= 15 is 0 Å². The molecule has 17 heavy (non-hydrogen) atoms. The lowest BCUT2D eigenvalue weighted by molar-refractivity contribution is -0.385. The molecule has 0 radical (unpaired) electrons. The van der Waals surface area contributed by atoms with Gasteiger partial charge in [-0.1, -0.05) is 25.1 Å². The number of nitro benzene ring substituents is 1. The summed E-state index contributed by atoms with van der Waals surface area (Å²) in [5.41, 5.74) is 0.860. The lowest BCUT2D eigenvalue weighted by Crippen LogP contribution is -2.32. The van der Waals surface area contributed by atoms with Crippen LogP contribution in [-0.4, -0.2) is 24.7 Å². The maximum atomic E-state index is 10.8. The van der Waals surface area contributed by atoms with Gasteiger partial charge >= 0.3 is 0 Å². The van der Waals surface area contributed by atoms with Crippen LogP contribution < -0.4 is 5.32 Å². The lowest BCUT2D eigenvalue weighted by Gasteiger charge is -2.15. The van der Waals surface area contributed by atoms with Crippen molar-refractivity contribution in [3.8, 4) is 0 Å². The van der Waals surface area contributed by atoms with Crippen LogP contribution >= 0.6 is 0 Å². The van der Waals surface area contributed by atoms with E-state index in [4.69, 9.17) is 4.74 Å². The van der Waals surface area contributed by atoms with Crippen LogP contribution in [0.1, 0.15) is 18.9 Å². The Morgan fingerprint density at radius 1 is 1.47 bits per heavy atom. The van der Waals surface area contributed by atoms with Gasteiger partial charge in [0.2, 0.25) is 0 Å². The molecule has 1 aromatic carbocycles. The summed E-state index contributed by atoms with van der Waals surface area (Å²) in [7, 11) is 1.65. The SMILES string of the molecule is CCC(COC)NCc1ccccc1[N+](=O)[O-]. The number of nitrogens with one attached hydrogen (secondary N) is 1. The normalized spacial score (nSPS) is 12.4. The first-order valence-electron chi connectivity index (χ1n) is 5.63. The van der Waals surface area contributed by atoms with Crippen molar-refractivity contribution < 1.29 is 9.66 Å². The summed E-state index contributed by atoms with van der Waals surface area (Å²) < 4.78 is 5.06. The topological polar surface area (TPSA) is 64.4 Å². The minimum Gasteiger partial charge on any atom is -0.383 e. The molecule has 0 aromatic heterocycles. The number of nitrogens with zero attached hydrogens (tertiary/aromatic N) is 1. The van der Waals surface area contributed by atoms with Crippen molar-refractivity contribution in [2.75, 3.05) is 13.7 Å². The summed E-state index contributed by atoms with van der Waals surface area (Å²) in [6.45, 7) is 3.15.